The quantitative estimate of drug-likeness (QED) is 0.361. The maximum atomic E-state index is 13.6. The first-order chi connectivity index (χ1) is 15.8. The number of phenols is 1. The molecule has 0 fully saturated rings. The van der Waals surface area contributed by atoms with E-state index in [0.717, 1.165) is 29.7 Å². The minimum Gasteiger partial charge on any atom is -0.507 e. The largest absolute Gasteiger partial charge is 0.507 e. The summed E-state index contributed by atoms with van der Waals surface area (Å²) in [5.41, 5.74) is 3.78. The smallest absolute Gasteiger partial charge is 0.203 e. The van der Waals surface area contributed by atoms with E-state index in [1.807, 2.05) is 31.2 Å². The number of benzene rings is 2. The van der Waals surface area contributed by atoms with Crippen LogP contribution in [0, 0.1) is 11.8 Å². The Kier molecular flexibility index (Phi) is 6.56. The number of hydrogen-bond acceptors (Lipinski definition) is 5. The third kappa shape index (κ3) is 4.67. The highest BCUT2D eigenvalue weighted by Crippen LogP contribution is 2.33. The number of nitrogens with one attached hydrogen (secondary N) is 1. The van der Waals surface area contributed by atoms with Gasteiger partial charge in [-0.25, -0.2) is 4.98 Å². The van der Waals surface area contributed by atoms with Gasteiger partial charge in [0.2, 0.25) is 5.43 Å². The average molecular weight is 448 g/mol. The van der Waals surface area contributed by atoms with Crippen LogP contribution < -0.4 is 5.43 Å². The topological polar surface area (TPSA) is 82.4 Å². The van der Waals surface area contributed by atoms with Crippen molar-refractivity contribution in [3.63, 3.8) is 0 Å². The summed E-state index contributed by atoms with van der Waals surface area (Å²) in [6.45, 7) is 13.1. The summed E-state index contributed by atoms with van der Waals surface area (Å²) in [4.78, 5) is 23.7. The first kappa shape index (κ1) is 23.1. The van der Waals surface area contributed by atoms with Crippen molar-refractivity contribution in [1.82, 2.24) is 14.9 Å². The number of aryl methyl sites for hydroxylation is 1. The Morgan fingerprint density at radius 2 is 1.82 bits per heavy atom. The molecule has 0 atom stereocenters. The number of fused-ring (bicyclic) bond motifs is 2. The van der Waals surface area contributed by atoms with Gasteiger partial charge in [0.05, 0.1) is 22.0 Å². The maximum Gasteiger partial charge on any atom is 0.203 e. The Hall–Kier alpha value is -3.12. The van der Waals surface area contributed by atoms with Gasteiger partial charge in [-0.3, -0.25) is 9.69 Å². The van der Waals surface area contributed by atoms with E-state index in [2.05, 4.69) is 42.6 Å². The molecule has 0 aliphatic heterocycles. The van der Waals surface area contributed by atoms with E-state index in [0.29, 0.717) is 52.7 Å². The van der Waals surface area contributed by atoms with Crippen molar-refractivity contribution in [2.45, 2.75) is 47.6 Å². The average Bonchev–Trinajstić information content (AvgIpc) is 3.19. The molecule has 174 valence electrons. The van der Waals surface area contributed by atoms with Crippen LogP contribution in [0.4, 0.5) is 0 Å². The van der Waals surface area contributed by atoms with Gasteiger partial charge in [0.25, 0.3) is 0 Å². The molecule has 4 rings (SSSR count). The van der Waals surface area contributed by atoms with Crippen molar-refractivity contribution < 1.29 is 9.52 Å². The van der Waals surface area contributed by atoms with Crippen LogP contribution in [0.2, 0.25) is 0 Å². The molecule has 2 aromatic carbocycles. The van der Waals surface area contributed by atoms with Crippen LogP contribution in [0.3, 0.4) is 0 Å². The Bertz CT molecular complexity index is 1290. The number of rotatable bonds is 8. The van der Waals surface area contributed by atoms with Crippen LogP contribution in [0.25, 0.3) is 33.4 Å². The minimum atomic E-state index is -0.148. The molecule has 0 bridgehead atoms. The number of imidazole rings is 1. The second kappa shape index (κ2) is 9.40. The summed E-state index contributed by atoms with van der Waals surface area (Å²) in [6.07, 6.45) is 2.09. The van der Waals surface area contributed by atoms with E-state index in [1.165, 1.54) is 6.26 Å². The van der Waals surface area contributed by atoms with Gasteiger partial charge in [-0.2, -0.15) is 0 Å². The second-order valence-electron chi connectivity index (χ2n) is 9.66. The van der Waals surface area contributed by atoms with E-state index in [4.69, 9.17) is 4.42 Å². The molecule has 33 heavy (non-hydrogen) atoms. The zero-order valence-electron chi connectivity index (χ0n) is 20.1. The Labute approximate surface area is 194 Å². The van der Waals surface area contributed by atoms with Crippen LogP contribution in [-0.2, 0) is 13.0 Å². The molecule has 0 aliphatic rings. The maximum absolute atomic E-state index is 13.6. The number of phenolic OH excluding ortho intramolecular Hbond substituents is 1. The fourth-order valence-corrected chi connectivity index (χ4v) is 4.51. The fourth-order valence-electron chi connectivity index (χ4n) is 4.51. The summed E-state index contributed by atoms with van der Waals surface area (Å²) >= 11 is 0. The molecule has 0 saturated carbocycles. The highest BCUT2D eigenvalue weighted by molar-refractivity contribution is 5.87. The zero-order chi connectivity index (χ0) is 23.7. The molecule has 2 aromatic heterocycles. The van der Waals surface area contributed by atoms with Crippen molar-refractivity contribution >= 4 is 22.0 Å². The third-order valence-corrected chi connectivity index (χ3v) is 5.86. The summed E-state index contributed by atoms with van der Waals surface area (Å²) < 4.78 is 6.05. The predicted octanol–water partition coefficient (Wildman–Crippen LogP) is 5.72. The van der Waals surface area contributed by atoms with Gasteiger partial charge >= 0.3 is 0 Å². The number of hydrogen-bond donors (Lipinski definition) is 2. The van der Waals surface area contributed by atoms with Gasteiger partial charge < -0.3 is 14.5 Å². The number of para-hydroxylation sites is 2. The van der Waals surface area contributed by atoms with Crippen LogP contribution in [-0.4, -0.2) is 33.1 Å². The van der Waals surface area contributed by atoms with Gasteiger partial charge in [0.1, 0.15) is 29.0 Å². The van der Waals surface area contributed by atoms with Gasteiger partial charge in [-0.15, -0.1) is 0 Å². The zero-order valence-corrected chi connectivity index (χ0v) is 20.1. The number of aromatic nitrogens is 2. The molecule has 0 unspecified atom stereocenters. The van der Waals surface area contributed by atoms with Gasteiger partial charge in [-0.1, -0.05) is 46.8 Å². The number of aromatic hydroxyl groups is 1. The van der Waals surface area contributed by atoms with E-state index in [-0.39, 0.29) is 11.2 Å². The summed E-state index contributed by atoms with van der Waals surface area (Å²) in [5.74, 6) is 1.68. The lowest BCUT2D eigenvalue weighted by Gasteiger charge is -2.27. The minimum absolute atomic E-state index is 0.148. The lowest BCUT2D eigenvalue weighted by Crippen LogP contribution is -2.31. The monoisotopic (exact) mass is 447 g/mol. The summed E-state index contributed by atoms with van der Waals surface area (Å²) in [6, 6.07) is 9.44. The molecule has 0 aliphatic carbocycles. The molecule has 6 nitrogen and oxygen atoms in total. The van der Waals surface area contributed by atoms with Crippen molar-refractivity contribution in [3.8, 4) is 17.1 Å². The lowest BCUT2D eigenvalue weighted by atomic mass is 10.00. The molecule has 4 aromatic rings. The number of nitrogens with zero attached hydrogens (tertiary/aromatic N) is 2. The van der Waals surface area contributed by atoms with E-state index in [9.17, 15) is 9.90 Å². The molecular formula is C27H33N3O3. The fraction of sp³-hybridized carbons (Fsp3) is 0.407. The van der Waals surface area contributed by atoms with Crippen molar-refractivity contribution in [1.29, 1.82) is 0 Å². The Morgan fingerprint density at radius 3 is 2.45 bits per heavy atom. The van der Waals surface area contributed by atoms with Gasteiger partial charge in [-0.05, 0) is 42.0 Å². The molecule has 6 heteroatoms. The van der Waals surface area contributed by atoms with Gasteiger partial charge in [0, 0.05) is 19.6 Å². The third-order valence-electron chi connectivity index (χ3n) is 5.86. The van der Waals surface area contributed by atoms with Crippen LogP contribution in [0.15, 0.2) is 45.8 Å². The van der Waals surface area contributed by atoms with Crippen LogP contribution >= 0.6 is 0 Å². The first-order valence-corrected chi connectivity index (χ1v) is 11.7. The highest BCUT2D eigenvalue weighted by Gasteiger charge is 2.22. The van der Waals surface area contributed by atoms with Crippen molar-refractivity contribution in [3.05, 3.63) is 57.9 Å². The molecule has 2 heterocycles. The molecule has 0 radical (unpaired) electrons. The van der Waals surface area contributed by atoms with Crippen molar-refractivity contribution in [2.75, 3.05) is 13.1 Å². The molecular weight excluding hydrogens is 414 g/mol. The standard InChI is InChI=1S/C27H33N3O3/c1-6-18-11-19-25(32)21(27-28-22-9-7-8-10-23(22)29-27)15-33-26(19)20(24(18)31)14-30(12-16(2)3)13-17(4)5/h7-11,15-17,31H,6,12-14H2,1-5H3,(H,28,29). The van der Waals surface area contributed by atoms with Crippen molar-refractivity contribution in [2.24, 2.45) is 11.8 Å². The Balaban J connectivity index is 1.86. The first-order valence-electron chi connectivity index (χ1n) is 11.7. The molecule has 0 saturated heterocycles. The van der Waals surface area contributed by atoms with E-state index < -0.39 is 0 Å². The normalized spacial score (nSPS) is 12.1. The lowest BCUT2D eigenvalue weighted by molar-refractivity contribution is 0.209. The SMILES string of the molecule is CCc1cc2c(=O)c(-c3nc4ccccc4[nH]3)coc2c(CN(CC(C)C)CC(C)C)c1O. The predicted molar refractivity (Wildman–Crippen MR) is 134 cm³/mol. The molecule has 0 spiro atoms. The second-order valence-corrected chi connectivity index (χ2v) is 9.66. The summed E-state index contributed by atoms with van der Waals surface area (Å²) in [5, 5.41) is 11.5. The van der Waals surface area contributed by atoms with Crippen LogP contribution in [0.5, 0.6) is 5.75 Å². The summed E-state index contributed by atoms with van der Waals surface area (Å²) in [7, 11) is 0. The van der Waals surface area contributed by atoms with Gasteiger partial charge in [0.15, 0.2) is 0 Å². The Morgan fingerprint density at radius 1 is 1.12 bits per heavy atom. The molecule has 2 N–H and O–H groups in total. The highest BCUT2D eigenvalue weighted by atomic mass is 16.3. The number of aromatic amines is 1. The van der Waals surface area contributed by atoms with E-state index in [1.54, 1.807) is 6.07 Å². The van der Waals surface area contributed by atoms with E-state index >= 15 is 0 Å². The number of H-pyrrole nitrogens is 1. The molecule has 0 amide bonds. The van der Waals surface area contributed by atoms with Crippen LogP contribution in [0.1, 0.15) is 45.7 Å².